The van der Waals surface area contributed by atoms with E-state index in [-0.39, 0.29) is 17.5 Å². The fourth-order valence-electron chi connectivity index (χ4n) is 4.02. The van der Waals surface area contributed by atoms with Crippen LogP contribution in [0.25, 0.3) is 22.0 Å². The number of aromatic nitrogens is 2. The van der Waals surface area contributed by atoms with E-state index in [9.17, 15) is 4.39 Å². The third-order valence-electron chi connectivity index (χ3n) is 5.58. The van der Waals surface area contributed by atoms with Crippen molar-refractivity contribution in [2.45, 2.75) is 32.2 Å². The van der Waals surface area contributed by atoms with Gasteiger partial charge in [0.05, 0.1) is 21.5 Å². The van der Waals surface area contributed by atoms with E-state index >= 15 is 0 Å². The van der Waals surface area contributed by atoms with Gasteiger partial charge in [-0.15, -0.1) is 0 Å². The number of hydrogen-bond acceptors (Lipinski definition) is 4. The summed E-state index contributed by atoms with van der Waals surface area (Å²) in [7, 11) is 0. The molecule has 4 rings (SSSR count). The molecule has 2 heterocycles. The summed E-state index contributed by atoms with van der Waals surface area (Å²) in [6, 6.07) is 11.0. The normalized spacial score (nSPS) is 19.3. The van der Waals surface area contributed by atoms with Gasteiger partial charge in [0.2, 0.25) is 0 Å². The number of halogens is 3. The van der Waals surface area contributed by atoms with E-state index in [4.69, 9.17) is 28.5 Å². The Labute approximate surface area is 178 Å². The number of fused-ring (bicyclic) bond motifs is 1. The van der Waals surface area contributed by atoms with Crippen molar-refractivity contribution in [2.24, 2.45) is 5.92 Å². The number of nitriles is 1. The molecule has 0 N–H and O–H groups in total. The predicted octanol–water partition coefficient (Wildman–Crippen LogP) is 6.26. The van der Waals surface area contributed by atoms with E-state index in [0.717, 1.165) is 24.0 Å². The summed E-state index contributed by atoms with van der Waals surface area (Å²) in [5.41, 5.74) is 1.89. The summed E-state index contributed by atoms with van der Waals surface area (Å²) in [6.45, 7) is 2.84. The Hall–Kier alpha value is -2.42. The number of rotatable bonds is 3. The minimum absolute atomic E-state index is 0.230. The van der Waals surface area contributed by atoms with Crippen molar-refractivity contribution < 1.29 is 4.39 Å². The quantitative estimate of drug-likeness (QED) is 0.493. The lowest BCUT2D eigenvalue weighted by Crippen LogP contribution is -2.42. The number of anilines is 1. The third-order valence-corrected chi connectivity index (χ3v) is 6.32. The first-order valence-electron chi connectivity index (χ1n) is 9.51. The minimum Gasteiger partial charge on any atom is -0.353 e. The lowest BCUT2D eigenvalue weighted by atomic mass is 9.90. The highest BCUT2D eigenvalue weighted by Gasteiger charge is 2.29. The van der Waals surface area contributed by atoms with Gasteiger partial charge in [-0.25, -0.2) is 14.4 Å². The highest BCUT2D eigenvalue weighted by Crippen LogP contribution is 2.39. The average Bonchev–Trinajstić information content (AvgIpc) is 2.72. The maximum Gasteiger partial charge on any atom is 0.149 e. The van der Waals surface area contributed by atoms with Crippen molar-refractivity contribution in [1.29, 1.82) is 5.26 Å². The first-order chi connectivity index (χ1) is 14.0. The van der Waals surface area contributed by atoms with Crippen molar-refractivity contribution in [1.82, 2.24) is 9.97 Å². The van der Waals surface area contributed by atoms with Crippen LogP contribution in [0.3, 0.4) is 0 Å². The van der Waals surface area contributed by atoms with Crippen molar-refractivity contribution >= 4 is 39.9 Å². The zero-order valence-corrected chi connectivity index (χ0v) is 17.4. The van der Waals surface area contributed by atoms with Gasteiger partial charge in [-0.2, -0.15) is 5.26 Å². The summed E-state index contributed by atoms with van der Waals surface area (Å²) in [4.78, 5) is 10.9. The minimum atomic E-state index is -0.398. The molecule has 2 aromatic carbocycles. The van der Waals surface area contributed by atoms with Crippen LogP contribution in [0, 0.1) is 23.1 Å². The lowest BCUT2D eigenvalue weighted by Gasteiger charge is -2.38. The maximum atomic E-state index is 14.7. The number of piperidine rings is 1. The van der Waals surface area contributed by atoms with Gasteiger partial charge in [0.25, 0.3) is 0 Å². The summed E-state index contributed by atoms with van der Waals surface area (Å²) >= 11 is 12.3. The van der Waals surface area contributed by atoms with Gasteiger partial charge in [-0.3, -0.25) is 0 Å². The fourth-order valence-corrected chi connectivity index (χ4v) is 4.32. The summed E-state index contributed by atoms with van der Waals surface area (Å²) in [5.74, 6) is 0.555. The molecule has 148 valence electrons. The first kappa shape index (κ1) is 19.9. The molecule has 4 nitrogen and oxygen atoms in total. The van der Waals surface area contributed by atoms with Gasteiger partial charge < -0.3 is 4.90 Å². The van der Waals surface area contributed by atoms with Crippen LogP contribution >= 0.6 is 23.2 Å². The first-order valence-corrected chi connectivity index (χ1v) is 10.3. The molecule has 0 amide bonds. The van der Waals surface area contributed by atoms with Crippen LogP contribution in [0.4, 0.5) is 10.2 Å². The Morgan fingerprint density at radius 1 is 1.17 bits per heavy atom. The Morgan fingerprint density at radius 3 is 2.76 bits per heavy atom. The monoisotopic (exact) mass is 428 g/mol. The third kappa shape index (κ3) is 3.75. The number of nitrogens with zero attached hydrogens (tertiary/aromatic N) is 4. The molecule has 0 saturated carbocycles. The molecule has 2 atom stereocenters. The predicted molar refractivity (Wildman–Crippen MR) is 115 cm³/mol. The summed E-state index contributed by atoms with van der Waals surface area (Å²) < 4.78 is 14.7. The zero-order valence-electron chi connectivity index (χ0n) is 15.9. The van der Waals surface area contributed by atoms with E-state index in [1.165, 1.54) is 12.4 Å². The summed E-state index contributed by atoms with van der Waals surface area (Å²) in [6.07, 6.45) is 3.86. The molecule has 2 unspecified atom stereocenters. The highest BCUT2D eigenvalue weighted by atomic mass is 35.5. The SMILES string of the molecule is CC1CCC(CC#N)CN1c1ncnc2c(F)ccc(-c3ccc(Cl)c(Cl)c3)c12. The van der Waals surface area contributed by atoms with E-state index in [1.54, 1.807) is 18.2 Å². The standard InChI is InChI=1S/C22H19Cl2FN4/c1-13-2-3-14(8-9-26)11-29(13)22-20-16(15-4-6-17(23)18(24)10-15)5-7-19(25)21(20)27-12-28-22/h4-7,10,12-14H,2-3,8,11H2,1H3. The van der Waals surface area contributed by atoms with Crippen LogP contribution < -0.4 is 4.90 Å². The molecule has 1 aromatic heterocycles. The average molecular weight is 429 g/mol. The molecule has 1 fully saturated rings. The van der Waals surface area contributed by atoms with E-state index in [1.807, 2.05) is 6.07 Å². The van der Waals surface area contributed by atoms with Gasteiger partial charge >= 0.3 is 0 Å². The van der Waals surface area contributed by atoms with Crippen LogP contribution in [0.5, 0.6) is 0 Å². The van der Waals surface area contributed by atoms with E-state index in [0.29, 0.717) is 34.2 Å². The van der Waals surface area contributed by atoms with Crippen molar-refractivity contribution in [3.05, 3.63) is 52.5 Å². The number of hydrogen-bond donors (Lipinski definition) is 0. The zero-order chi connectivity index (χ0) is 20.5. The second-order valence-electron chi connectivity index (χ2n) is 7.45. The van der Waals surface area contributed by atoms with Gasteiger partial charge in [0.15, 0.2) is 0 Å². The van der Waals surface area contributed by atoms with Crippen molar-refractivity contribution in [3.8, 4) is 17.2 Å². The van der Waals surface area contributed by atoms with Crippen molar-refractivity contribution in [3.63, 3.8) is 0 Å². The maximum absolute atomic E-state index is 14.7. The second-order valence-corrected chi connectivity index (χ2v) is 8.27. The molecular weight excluding hydrogens is 410 g/mol. The largest absolute Gasteiger partial charge is 0.353 e. The molecule has 1 aliphatic rings. The molecule has 0 bridgehead atoms. The topological polar surface area (TPSA) is 52.8 Å². The molecule has 1 saturated heterocycles. The van der Waals surface area contributed by atoms with Gasteiger partial charge in [0, 0.05) is 19.0 Å². The Kier molecular flexibility index (Phi) is 5.58. The van der Waals surface area contributed by atoms with Crippen LogP contribution in [0.15, 0.2) is 36.7 Å². The molecular formula is C22H19Cl2FN4. The Balaban J connectivity index is 1.92. The fraction of sp³-hybridized carbons (Fsp3) is 0.318. The summed E-state index contributed by atoms with van der Waals surface area (Å²) in [5, 5.41) is 10.7. The van der Waals surface area contributed by atoms with Crippen LogP contribution in [0.1, 0.15) is 26.2 Å². The molecule has 0 spiro atoms. The van der Waals surface area contributed by atoms with Crippen LogP contribution in [0.2, 0.25) is 10.0 Å². The van der Waals surface area contributed by atoms with E-state index < -0.39 is 5.82 Å². The molecule has 0 aliphatic carbocycles. The highest BCUT2D eigenvalue weighted by molar-refractivity contribution is 6.42. The second kappa shape index (κ2) is 8.14. The van der Waals surface area contributed by atoms with Crippen LogP contribution in [-0.2, 0) is 0 Å². The molecule has 3 aromatic rings. The lowest BCUT2D eigenvalue weighted by molar-refractivity contribution is 0.370. The van der Waals surface area contributed by atoms with Gasteiger partial charge in [-0.05, 0) is 55.0 Å². The molecule has 1 aliphatic heterocycles. The Morgan fingerprint density at radius 2 is 2.00 bits per heavy atom. The smallest absolute Gasteiger partial charge is 0.149 e. The molecule has 29 heavy (non-hydrogen) atoms. The molecule has 0 radical (unpaired) electrons. The molecule has 7 heteroatoms. The van der Waals surface area contributed by atoms with Gasteiger partial charge in [-0.1, -0.05) is 35.3 Å². The Bertz CT molecular complexity index is 1110. The van der Waals surface area contributed by atoms with Gasteiger partial charge in [0.1, 0.15) is 23.5 Å². The van der Waals surface area contributed by atoms with Crippen LogP contribution in [-0.4, -0.2) is 22.6 Å². The van der Waals surface area contributed by atoms with E-state index in [2.05, 4.69) is 27.9 Å². The number of benzene rings is 2. The van der Waals surface area contributed by atoms with Crippen molar-refractivity contribution in [2.75, 3.05) is 11.4 Å².